The van der Waals surface area contributed by atoms with Crippen molar-refractivity contribution in [2.75, 3.05) is 0 Å². The molecule has 0 fully saturated rings. The minimum absolute atomic E-state index is 0.0989. The van der Waals surface area contributed by atoms with E-state index in [9.17, 15) is 9.90 Å². The fourth-order valence-corrected chi connectivity index (χ4v) is 3.31. The molecule has 1 aromatic carbocycles. The van der Waals surface area contributed by atoms with Crippen LogP contribution in [-0.2, 0) is 12.8 Å². The molecule has 1 aliphatic heterocycles. The van der Waals surface area contributed by atoms with Crippen LogP contribution in [0.1, 0.15) is 32.0 Å². The third kappa shape index (κ3) is 3.05. The van der Waals surface area contributed by atoms with Gasteiger partial charge in [0.1, 0.15) is 17.1 Å². The second-order valence-electron chi connectivity index (χ2n) is 7.15. The van der Waals surface area contributed by atoms with Gasteiger partial charge < -0.3 is 19.6 Å². The van der Waals surface area contributed by atoms with Gasteiger partial charge in [0.2, 0.25) is 11.8 Å². The molecular weight excluding hydrogens is 346 g/mol. The maximum absolute atomic E-state index is 12.1. The number of rotatable bonds is 4. The molecule has 27 heavy (non-hydrogen) atoms. The summed E-state index contributed by atoms with van der Waals surface area (Å²) in [6.45, 7) is 5.93. The number of hydrogen-bond donors (Lipinski definition) is 2. The van der Waals surface area contributed by atoms with Crippen LogP contribution in [0.15, 0.2) is 41.3 Å². The maximum Gasteiger partial charge on any atom is 0.333 e. The van der Waals surface area contributed by atoms with Crippen molar-refractivity contribution in [2.45, 2.75) is 39.2 Å². The molecular formula is C20H21N3O4. The fourth-order valence-electron chi connectivity index (χ4n) is 3.31. The minimum atomic E-state index is -0.403. The largest absolute Gasteiger partial charge is 0.493 e. The molecule has 0 spiro atoms. The highest BCUT2D eigenvalue weighted by molar-refractivity contribution is 5.50. The normalized spacial score (nSPS) is 14.6. The van der Waals surface area contributed by atoms with Crippen LogP contribution in [-0.4, -0.2) is 25.2 Å². The number of hydrogen-bond acceptors (Lipinski definition) is 5. The van der Waals surface area contributed by atoms with Crippen molar-refractivity contribution in [3.05, 3.63) is 58.3 Å². The number of imidazole rings is 1. The molecule has 3 heterocycles. The molecule has 0 saturated heterocycles. The Bertz CT molecular complexity index is 1050. The van der Waals surface area contributed by atoms with E-state index < -0.39 is 5.69 Å². The average molecular weight is 367 g/mol. The van der Waals surface area contributed by atoms with Crippen molar-refractivity contribution in [1.29, 1.82) is 0 Å². The first-order valence-corrected chi connectivity index (χ1v) is 8.86. The molecule has 0 amide bonds. The molecule has 0 bridgehead atoms. The molecule has 4 rings (SSSR count). The van der Waals surface area contributed by atoms with Gasteiger partial charge in [-0.2, -0.15) is 0 Å². The lowest BCUT2D eigenvalue weighted by Gasteiger charge is -2.16. The summed E-state index contributed by atoms with van der Waals surface area (Å²) in [6.07, 6.45) is 2.77. The number of aromatic nitrogens is 3. The topological polar surface area (TPSA) is 89.4 Å². The summed E-state index contributed by atoms with van der Waals surface area (Å²) < 4.78 is 13.0. The lowest BCUT2D eigenvalue weighted by Crippen LogP contribution is -2.24. The van der Waals surface area contributed by atoms with E-state index >= 15 is 0 Å². The van der Waals surface area contributed by atoms with Crippen molar-refractivity contribution in [2.24, 2.45) is 0 Å². The summed E-state index contributed by atoms with van der Waals surface area (Å²) in [6, 6.07) is 9.04. The number of nitrogens with one attached hydrogen (secondary N) is 1. The average Bonchev–Trinajstić information content (AvgIpc) is 3.10. The van der Waals surface area contributed by atoms with Gasteiger partial charge in [-0.1, -0.05) is 13.0 Å². The molecule has 7 nitrogen and oxygen atoms in total. The Labute approximate surface area is 156 Å². The van der Waals surface area contributed by atoms with Gasteiger partial charge in [0.15, 0.2) is 0 Å². The molecule has 2 aromatic heterocycles. The summed E-state index contributed by atoms with van der Waals surface area (Å²) in [4.78, 5) is 19.0. The van der Waals surface area contributed by atoms with Gasteiger partial charge in [-0.3, -0.25) is 0 Å². The Morgan fingerprint density at radius 3 is 2.81 bits per heavy atom. The van der Waals surface area contributed by atoms with E-state index in [-0.39, 0.29) is 11.5 Å². The Kier molecular flexibility index (Phi) is 3.95. The molecule has 0 aliphatic carbocycles. The highest BCUT2D eigenvalue weighted by Gasteiger charge is 2.32. The van der Waals surface area contributed by atoms with E-state index in [1.54, 1.807) is 12.1 Å². The van der Waals surface area contributed by atoms with Gasteiger partial charge >= 0.3 is 5.69 Å². The minimum Gasteiger partial charge on any atom is -0.493 e. The van der Waals surface area contributed by atoms with Crippen molar-refractivity contribution in [3.8, 4) is 28.9 Å². The standard InChI is InChI=1S/C20H21N3O4/c1-4-14-18(24)23(19(25)22-14)12-8-9-17(21-11-12)26-15-6-5-7-16-13(15)10-20(2,3)27-16/h5-9,11,24H,4,10H2,1-3H3,(H,22,25). The zero-order valence-electron chi connectivity index (χ0n) is 15.4. The van der Waals surface area contributed by atoms with Crippen LogP contribution in [0.5, 0.6) is 23.3 Å². The van der Waals surface area contributed by atoms with E-state index in [1.807, 2.05) is 39.0 Å². The lowest BCUT2D eigenvalue weighted by atomic mass is 10.0. The quantitative estimate of drug-likeness (QED) is 0.738. The monoisotopic (exact) mass is 367 g/mol. The Hall–Kier alpha value is -3.22. The van der Waals surface area contributed by atoms with Gasteiger partial charge in [-0.25, -0.2) is 14.3 Å². The fraction of sp³-hybridized carbons (Fsp3) is 0.300. The van der Waals surface area contributed by atoms with Gasteiger partial charge in [0.05, 0.1) is 17.6 Å². The Morgan fingerprint density at radius 2 is 2.15 bits per heavy atom. The van der Waals surface area contributed by atoms with Crippen LogP contribution < -0.4 is 15.2 Å². The lowest BCUT2D eigenvalue weighted by molar-refractivity contribution is 0.138. The summed E-state index contributed by atoms with van der Waals surface area (Å²) in [5, 5.41) is 10.2. The number of benzene rings is 1. The second-order valence-corrected chi connectivity index (χ2v) is 7.15. The number of H-pyrrole nitrogens is 1. The van der Waals surface area contributed by atoms with Crippen LogP contribution in [0, 0.1) is 0 Å². The number of pyridine rings is 1. The Morgan fingerprint density at radius 1 is 1.33 bits per heavy atom. The number of aromatic amines is 1. The van der Waals surface area contributed by atoms with E-state index in [4.69, 9.17) is 9.47 Å². The summed E-state index contributed by atoms with van der Waals surface area (Å²) in [7, 11) is 0. The van der Waals surface area contributed by atoms with Crippen LogP contribution in [0.4, 0.5) is 0 Å². The molecule has 0 saturated carbocycles. The zero-order valence-corrected chi connectivity index (χ0v) is 15.4. The van der Waals surface area contributed by atoms with Crippen LogP contribution in [0.2, 0.25) is 0 Å². The van der Waals surface area contributed by atoms with Gasteiger partial charge in [0.25, 0.3) is 0 Å². The molecule has 0 radical (unpaired) electrons. The van der Waals surface area contributed by atoms with Crippen LogP contribution >= 0.6 is 0 Å². The second kappa shape index (κ2) is 6.19. The molecule has 0 unspecified atom stereocenters. The van der Waals surface area contributed by atoms with E-state index in [0.29, 0.717) is 29.4 Å². The third-order valence-electron chi connectivity index (χ3n) is 4.57. The predicted molar refractivity (Wildman–Crippen MR) is 100 cm³/mol. The van der Waals surface area contributed by atoms with Crippen molar-refractivity contribution in [3.63, 3.8) is 0 Å². The number of nitrogens with zero attached hydrogens (tertiary/aromatic N) is 2. The first-order valence-electron chi connectivity index (χ1n) is 8.86. The number of fused-ring (bicyclic) bond motifs is 1. The zero-order chi connectivity index (χ0) is 19.2. The maximum atomic E-state index is 12.1. The highest BCUT2D eigenvalue weighted by Crippen LogP contribution is 2.41. The molecule has 2 N–H and O–H groups in total. The van der Waals surface area contributed by atoms with E-state index in [0.717, 1.165) is 17.7 Å². The smallest absolute Gasteiger partial charge is 0.333 e. The van der Waals surface area contributed by atoms with E-state index in [2.05, 4.69) is 9.97 Å². The first-order chi connectivity index (χ1) is 12.9. The van der Waals surface area contributed by atoms with E-state index in [1.165, 1.54) is 10.8 Å². The molecule has 1 aliphatic rings. The number of aryl methyl sites for hydroxylation is 1. The molecule has 7 heteroatoms. The van der Waals surface area contributed by atoms with Gasteiger partial charge in [-0.05, 0) is 38.5 Å². The number of aromatic hydroxyl groups is 1. The molecule has 0 atom stereocenters. The molecule has 140 valence electrons. The van der Waals surface area contributed by atoms with Crippen molar-refractivity contribution in [1.82, 2.24) is 14.5 Å². The summed E-state index contributed by atoms with van der Waals surface area (Å²) in [5.41, 5.74) is 1.30. The van der Waals surface area contributed by atoms with Gasteiger partial charge in [0, 0.05) is 18.1 Å². The summed E-state index contributed by atoms with van der Waals surface area (Å²) in [5.74, 6) is 1.83. The molecule has 3 aromatic rings. The highest BCUT2D eigenvalue weighted by atomic mass is 16.5. The summed E-state index contributed by atoms with van der Waals surface area (Å²) >= 11 is 0. The third-order valence-corrected chi connectivity index (χ3v) is 4.57. The van der Waals surface area contributed by atoms with Crippen molar-refractivity contribution < 1.29 is 14.6 Å². The van der Waals surface area contributed by atoms with Gasteiger partial charge in [-0.15, -0.1) is 0 Å². The number of ether oxygens (including phenoxy) is 2. The van der Waals surface area contributed by atoms with Crippen LogP contribution in [0.25, 0.3) is 5.69 Å². The first kappa shape index (κ1) is 17.2. The predicted octanol–water partition coefficient (Wildman–Crippen LogP) is 3.33. The van der Waals surface area contributed by atoms with Crippen molar-refractivity contribution >= 4 is 0 Å². The van der Waals surface area contributed by atoms with Crippen LogP contribution in [0.3, 0.4) is 0 Å². The SMILES string of the molecule is CCc1[nH]c(=O)n(-c2ccc(Oc3cccc4c3CC(C)(C)O4)nc2)c1O. The Balaban J connectivity index is 1.61.